The van der Waals surface area contributed by atoms with Gasteiger partial charge in [-0.25, -0.2) is 4.68 Å². The standard InChI is InChI=1S/C26H27N7O6/c34-25-18(11-16-12-21-22(39-15-38-21)13-19(16)27-25)23(24-28-29-30-33(24)14-17-3-1-9-36-17)31-5-7-32(8-6-31)26(35)20-4-2-10-37-20/h2,4,10-13,17,23H,1,3,5-9,14-15H2,(H,27,34). The van der Waals surface area contributed by atoms with Crippen LogP contribution in [0.25, 0.3) is 10.9 Å². The smallest absolute Gasteiger partial charge is 0.289 e. The fraction of sp³-hybridized carbons (Fsp3) is 0.423. The van der Waals surface area contributed by atoms with E-state index in [1.165, 1.54) is 6.26 Å². The van der Waals surface area contributed by atoms with Gasteiger partial charge in [0, 0.05) is 49.8 Å². The van der Waals surface area contributed by atoms with Crippen molar-refractivity contribution in [3.63, 3.8) is 0 Å². The number of furan rings is 1. The van der Waals surface area contributed by atoms with Crippen LogP contribution in [0.15, 0.2) is 45.8 Å². The third-order valence-electron chi connectivity index (χ3n) is 7.56. The number of aromatic nitrogens is 5. The topological polar surface area (TPSA) is 141 Å². The lowest BCUT2D eigenvalue weighted by molar-refractivity contribution is 0.0550. The number of nitrogens with one attached hydrogen (secondary N) is 1. The summed E-state index contributed by atoms with van der Waals surface area (Å²) in [5.41, 5.74) is 0.919. The van der Waals surface area contributed by atoms with Crippen molar-refractivity contribution < 1.29 is 23.4 Å². The summed E-state index contributed by atoms with van der Waals surface area (Å²) in [6, 6.07) is 8.33. The Morgan fingerprint density at radius 3 is 2.74 bits per heavy atom. The maximum atomic E-state index is 13.6. The van der Waals surface area contributed by atoms with Gasteiger partial charge in [-0.3, -0.25) is 14.5 Å². The van der Waals surface area contributed by atoms with E-state index >= 15 is 0 Å². The normalized spacial score (nSPS) is 20.1. The number of piperazine rings is 1. The van der Waals surface area contributed by atoms with Crippen LogP contribution in [0.4, 0.5) is 0 Å². The molecule has 6 heterocycles. The maximum Gasteiger partial charge on any atom is 0.289 e. The quantitative estimate of drug-likeness (QED) is 0.388. The second kappa shape index (κ2) is 9.82. The van der Waals surface area contributed by atoms with E-state index in [0.29, 0.717) is 66.9 Å². The van der Waals surface area contributed by atoms with Crippen LogP contribution >= 0.6 is 0 Å². The number of hydrogen-bond donors (Lipinski definition) is 1. The Morgan fingerprint density at radius 1 is 1.13 bits per heavy atom. The number of amides is 1. The molecule has 0 bridgehead atoms. The summed E-state index contributed by atoms with van der Waals surface area (Å²) in [6.45, 7) is 3.33. The molecule has 4 aromatic rings. The summed E-state index contributed by atoms with van der Waals surface area (Å²) >= 11 is 0. The van der Waals surface area contributed by atoms with Crippen molar-refractivity contribution in [3.05, 3.63) is 64.1 Å². The zero-order valence-electron chi connectivity index (χ0n) is 21.1. The molecule has 1 aromatic carbocycles. The predicted molar refractivity (Wildman–Crippen MR) is 136 cm³/mol. The maximum absolute atomic E-state index is 13.6. The van der Waals surface area contributed by atoms with E-state index in [9.17, 15) is 9.59 Å². The number of pyridine rings is 1. The van der Waals surface area contributed by atoms with E-state index in [-0.39, 0.29) is 24.4 Å². The Bertz CT molecular complexity index is 1550. The monoisotopic (exact) mass is 533 g/mol. The SMILES string of the molecule is O=C(c1ccco1)N1CCN(C(c2cc3cc4c(cc3[nH]c2=O)OCO4)c2nnnn2CC2CCCO2)CC1. The minimum Gasteiger partial charge on any atom is -0.459 e. The third kappa shape index (κ3) is 4.42. The molecule has 13 nitrogen and oxygen atoms in total. The molecule has 2 saturated heterocycles. The van der Waals surface area contributed by atoms with Crippen LogP contribution in [0.3, 0.4) is 0 Å². The molecule has 2 fully saturated rings. The number of fused-ring (bicyclic) bond motifs is 2. The highest BCUT2D eigenvalue weighted by Crippen LogP contribution is 2.36. The molecule has 0 radical (unpaired) electrons. The average Bonchev–Trinajstić information content (AvgIpc) is 3.77. The number of ether oxygens (including phenoxy) is 3. The van der Waals surface area contributed by atoms with Gasteiger partial charge in [-0.15, -0.1) is 5.10 Å². The van der Waals surface area contributed by atoms with Crippen molar-refractivity contribution in [1.29, 1.82) is 0 Å². The van der Waals surface area contributed by atoms with E-state index in [4.69, 9.17) is 18.6 Å². The van der Waals surface area contributed by atoms with Crippen molar-refractivity contribution in [2.45, 2.75) is 31.5 Å². The van der Waals surface area contributed by atoms with Crippen LogP contribution in [0, 0.1) is 0 Å². The average molecular weight is 534 g/mol. The molecule has 3 aliphatic heterocycles. The summed E-state index contributed by atoms with van der Waals surface area (Å²) in [6.07, 6.45) is 3.44. The molecule has 13 heteroatoms. The van der Waals surface area contributed by atoms with E-state index in [0.717, 1.165) is 24.8 Å². The lowest BCUT2D eigenvalue weighted by Crippen LogP contribution is -2.50. The predicted octanol–water partition coefficient (Wildman–Crippen LogP) is 1.56. The number of aromatic amines is 1. The van der Waals surface area contributed by atoms with Crippen molar-refractivity contribution in [3.8, 4) is 11.5 Å². The van der Waals surface area contributed by atoms with Gasteiger partial charge < -0.3 is 28.5 Å². The summed E-state index contributed by atoms with van der Waals surface area (Å²) < 4.78 is 23.9. The number of rotatable bonds is 6. The van der Waals surface area contributed by atoms with Crippen molar-refractivity contribution in [2.24, 2.45) is 0 Å². The Balaban J connectivity index is 1.25. The van der Waals surface area contributed by atoms with Crippen LogP contribution in [0.2, 0.25) is 0 Å². The van der Waals surface area contributed by atoms with Crippen LogP contribution in [-0.4, -0.2) is 86.6 Å². The van der Waals surface area contributed by atoms with Crippen molar-refractivity contribution in [1.82, 2.24) is 35.0 Å². The molecule has 0 aliphatic carbocycles. The second-order valence-electron chi connectivity index (χ2n) is 9.91. The fourth-order valence-electron chi connectivity index (χ4n) is 5.57. The first-order valence-electron chi connectivity index (χ1n) is 13.0. The van der Waals surface area contributed by atoms with Gasteiger partial charge in [0.15, 0.2) is 23.1 Å². The number of carbonyl (C=O) groups is 1. The lowest BCUT2D eigenvalue weighted by atomic mass is 10.0. The highest BCUT2D eigenvalue weighted by Gasteiger charge is 2.35. The van der Waals surface area contributed by atoms with Gasteiger partial charge in [0.25, 0.3) is 11.5 Å². The molecule has 0 spiro atoms. The van der Waals surface area contributed by atoms with Gasteiger partial charge in [0.1, 0.15) is 6.04 Å². The van der Waals surface area contributed by atoms with Crippen molar-refractivity contribution >= 4 is 16.8 Å². The minimum atomic E-state index is -0.541. The van der Waals surface area contributed by atoms with Crippen LogP contribution in [0.1, 0.15) is 40.8 Å². The van der Waals surface area contributed by atoms with Crippen LogP contribution < -0.4 is 15.0 Å². The molecule has 202 valence electrons. The second-order valence-corrected chi connectivity index (χ2v) is 9.91. The molecule has 2 unspecified atom stereocenters. The molecular weight excluding hydrogens is 506 g/mol. The van der Waals surface area contributed by atoms with Gasteiger partial charge in [-0.2, -0.15) is 0 Å². The lowest BCUT2D eigenvalue weighted by Gasteiger charge is -2.38. The molecule has 1 amide bonds. The van der Waals surface area contributed by atoms with E-state index < -0.39 is 6.04 Å². The van der Waals surface area contributed by atoms with E-state index in [1.807, 2.05) is 12.1 Å². The molecule has 1 N–H and O–H groups in total. The highest BCUT2D eigenvalue weighted by atomic mass is 16.7. The Labute approximate surface area is 222 Å². The third-order valence-corrected chi connectivity index (χ3v) is 7.56. The molecule has 7 rings (SSSR count). The molecular formula is C26H27N7O6. The molecule has 2 atom stereocenters. The van der Waals surface area contributed by atoms with E-state index in [1.54, 1.807) is 27.8 Å². The molecule has 3 aromatic heterocycles. The number of tetrazole rings is 1. The number of H-pyrrole nitrogens is 1. The van der Waals surface area contributed by atoms with Gasteiger partial charge in [-0.05, 0) is 47.5 Å². The number of carbonyl (C=O) groups excluding carboxylic acids is 1. The summed E-state index contributed by atoms with van der Waals surface area (Å²) in [5.74, 6) is 1.94. The van der Waals surface area contributed by atoms with Crippen molar-refractivity contribution in [2.75, 3.05) is 39.6 Å². The largest absolute Gasteiger partial charge is 0.459 e. The first-order valence-corrected chi connectivity index (χ1v) is 13.0. The highest BCUT2D eigenvalue weighted by molar-refractivity contribution is 5.91. The Kier molecular flexibility index (Phi) is 6.01. The van der Waals surface area contributed by atoms with Gasteiger partial charge >= 0.3 is 0 Å². The van der Waals surface area contributed by atoms with Gasteiger partial charge in [-0.1, -0.05) is 0 Å². The molecule has 3 aliphatic rings. The molecule has 39 heavy (non-hydrogen) atoms. The zero-order chi connectivity index (χ0) is 26.3. The summed E-state index contributed by atoms with van der Waals surface area (Å²) in [4.78, 5) is 33.3. The Morgan fingerprint density at radius 2 is 1.97 bits per heavy atom. The number of hydrogen-bond acceptors (Lipinski definition) is 10. The number of nitrogens with zero attached hydrogens (tertiary/aromatic N) is 6. The summed E-state index contributed by atoms with van der Waals surface area (Å²) in [5, 5.41) is 13.4. The molecule has 0 saturated carbocycles. The number of benzene rings is 1. The van der Waals surface area contributed by atoms with Gasteiger partial charge in [0.05, 0.1) is 24.4 Å². The van der Waals surface area contributed by atoms with E-state index in [2.05, 4.69) is 25.4 Å². The van der Waals surface area contributed by atoms with Crippen LogP contribution in [-0.2, 0) is 11.3 Å². The minimum absolute atomic E-state index is 0.0188. The first kappa shape index (κ1) is 23.9. The van der Waals surface area contributed by atoms with Gasteiger partial charge in [0.2, 0.25) is 6.79 Å². The first-order chi connectivity index (χ1) is 19.1. The zero-order valence-corrected chi connectivity index (χ0v) is 21.1. The van der Waals surface area contributed by atoms with Crippen LogP contribution in [0.5, 0.6) is 11.5 Å². The Hall–Kier alpha value is -4.23. The summed E-state index contributed by atoms with van der Waals surface area (Å²) in [7, 11) is 0. The fourth-order valence-corrected chi connectivity index (χ4v) is 5.57.